The van der Waals surface area contributed by atoms with Gasteiger partial charge in [0.2, 0.25) is 17.7 Å². The van der Waals surface area contributed by atoms with Crippen LogP contribution in [-0.2, 0) is 20.8 Å². The Morgan fingerprint density at radius 2 is 1.58 bits per heavy atom. The molecule has 132 valence electrons. The van der Waals surface area contributed by atoms with Crippen molar-refractivity contribution in [3.63, 3.8) is 0 Å². The van der Waals surface area contributed by atoms with Crippen LogP contribution < -0.4 is 0 Å². The molecule has 5 aliphatic rings. The van der Waals surface area contributed by atoms with Gasteiger partial charge in [0.1, 0.15) is 0 Å². The first-order chi connectivity index (χ1) is 12.5. The molecule has 0 spiro atoms. The summed E-state index contributed by atoms with van der Waals surface area (Å²) >= 11 is 0. The van der Waals surface area contributed by atoms with E-state index in [2.05, 4.69) is 12.2 Å². The van der Waals surface area contributed by atoms with Crippen molar-refractivity contribution < 1.29 is 19.3 Å². The summed E-state index contributed by atoms with van der Waals surface area (Å²) < 4.78 is 0. The first kappa shape index (κ1) is 15.4. The number of nitro groups is 1. The lowest BCUT2D eigenvalue weighted by molar-refractivity contribution is -0.384. The zero-order valence-corrected chi connectivity index (χ0v) is 13.8. The number of carbonyl (C=O) groups excluding carboxylic acids is 3. The van der Waals surface area contributed by atoms with E-state index in [1.807, 2.05) is 0 Å². The van der Waals surface area contributed by atoms with Crippen molar-refractivity contribution >= 4 is 23.4 Å². The largest absolute Gasteiger partial charge is 0.274 e. The number of rotatable bonds is 3. The molecule has 0 radical (unpaired) electrons. The Bertz CT molecular complexity index is 854. The van der Waals surface area contributed by atoms with Crippen LogP contribution in [0.2, 0.25) is 0 Å². The monoisotopic (exact) mass is 352 g/mol. The third-order valence-electron chi connectivity index (χ3n) is 6.41. The van der Waals surface area contributed by atoms with Gasteiger partial charge in [-0.15, -0.1) is 0 Å². The van der Waals surface area contributed by atoms with Crippen LogP contribution in [0.4, 0.5) is 5.69 Å². The number of likely N-dealkylation sites (tertiary alicyclic amines) is 1. The zero-order valence-electron chi connectivity index (χ0n) is 13.8. The molecule has 1 aromatic carbocycles. The van der Waals surface area contributed by atoms with Crippen molar-refractivity contribution in [2.45, 2.75) is 12.8 Å². The average molecular weight is 352 g/mol. The Balaban J connectivity index is 1.37. The molecule has 6 atom stereocenters. The fraction of sp³-hybridized carbons (Fsp3) is 0.421. The Labute approximate surface area is 148 Å². The summed E-state index contributed by atoms with van der Waals surface area (Å²) in [5.41, 5.74) is 0.474. The minimum absolute atomic E-state index is 0.0672. The van der Waals surface area contributed by atoms with E-state index in [-0.39, 0.29) is 47.6 Å². The smallest absolute Gasteiger partial charge is 0.269 e. The normalized spacial score (nSPS) is 36.1. The van der Waals surface area contributed by atoms with Crippen molar-refractivity contribution in [2.24, 2.45) is 35.5 Å². The number of benzene rings is 1. The van der Waals surface area contributed by atoms with Gasteiger partial charge in [-0.3, -0.25) is 24.5 Å². The van der Waals surface area contributed by atoms with Crippen LogP contribution in [0.15, 0.2) is 36.4 Å². The van der Waals surface area contributed by atoms with Crippen LogP contribution in [0.25, 0.3) is 0 Å². The molecular weight excluding hydrogens is 336 g/mol. The lowest BCUT2D eigenvalue weighted by Gasteiger charge is -2.37. The van der Waals surface area contributed by atoms with Gasteiger partial charge in [-0.25, -0.2) is 4.90 Å². The third-order valence-corrected chi connectivity index (χ3v) is 6.41. The minimum atomic E-state index is -0.545. The lowest BCUT2D eigenvalue weighted by atomic mass is 9.63. The van der Waals surface area contributed by atoms with Crippen LogP contribution in [0, 0.1) is 45.6 Å². The predicted octanol–water partition coefficient (Wildman–Crippen LogP) is 1.72. The number of carbonyl (C=O) groups is 3. The lowest BCUT2D eigenvalue weighted by Crippen LogP contribution is -2.40. The summed E-state index contributed by atoms with van der Waals surface area (Å²) in [7, 11) is 0. The van der Waals surface area contributed by atoms with Crippen LogP contribution in [0.5, 0.6) is 0 Å². The SMILES string of the molecule is O=C(Cc1ccc([N+](=O)[O-])cc1)N1C(=O)[C@@H]2[C@H]3C=C[C@@H]([C@@H]4C[C@H]34)[C@@H]2C1=O. The van der Waals surface area contributed by atoms with Crippen LogP contribution in [0.3, 0.4) is 0 Å². The first-order valence-corrected chi connectivity index (χ1v) is 8.79. The fourth-order valence-corrected chi connectivity index (χ4v) is 5.19. The van der Waals surface area contributed by atoms with Gasteiger partial charge in [0.05, 0.1) is 23.2 Å². The van der Waals surface area contributed by atoms with E-state index in [1.54, 1.807) is 0 Å². The molecular formula is C19H16N2O5. The predicted molar refractivity (Wildman–Crippen MR) is 88.4 cm³/mol. The van der Waals surface area contributed by atoms with E-state index in [0.29, 0.717) is 17.4 Å². The number of non-ortho nitro benzene ring substituents is 1. The molecule has 26 heavy (non-hydrogen) atoms. The molecule has 2 bridgehead atoms. The number of amides is 3. The molecule has 3 amide bonds. The Morgan fingerprint density at radius 3 is 2.08 bits per heavy atom. The maximum atomic E-state index is 12.8. The van der Waals surface area contributed by atoms with E-state index < -0.39 is 10.8 Å². The molecule has 1 heterocycles. The summed E-state index contributed by atoms with van der Waals surface area (Å²) in [5, 5.41) is 10.7. The number of nitrogens with zero attached hydrogens (tertiary/aromatic N) is 2. The van der Waals surface area contributed by atoms with Crippen molar-refractivity contribution in [3.05, 3.63) is 52.1 Å². The summed E-state index contributed by atoms with van der Waals surface area (Å²) in [5.74, 6) is -0.888. The molecule has 2 saturated carbocycles. The van der Waals surface area contributed by atoms with Gasteiger partial charge in [0.25, 0.3) is 5.69 Å². The highest BCUT2D eigenvalue weighted by Crippen LogP contribution is 2.65. The molecule has 0 unspecified atom stereocenters. The fourth-order valence-electron chi connectivity index (χ4n) is 5.19. The molecule has 7 heteroatoms. The molecule has 0 N–H and O–H groups in total. The Kier molecular flexibility index (Phi) is 3.02. The quantitative estimate of drug-likeness (QED) is 0.357. The second-order valence-corrected chi connectivity index (χ2v) is 7.66. The zero-order chi connectivity index (χ0) is 18.2. The van der Waals surface area contributed by atoms with Crippen molar-refractivity contribution in [2.75, 3.05) is 0 Å². The van der Waals surface area contributed by atoms with Gasteiger partial charge < -0.3 is 0 Å². The Morgan fingerprint density at radius 1 is 1.04 bits per heavy atom. The molecule has 0 aromatic heterocycles. The third kappa shape index (κ3) is 1.97. The van der Waals surface area contributed by atoms with Crippen molar-refractivity contribution in [3.8, 4) is 0 Å². The van der Waals surface area contributed by atoms with Crippen LogP contribution >= 0.6 is 0 Å². The summed E-state index contributed by atoms with van der Waals surface area (Å²) in [4.78, 5) is 49.4. The first-order valence-electron chi connectivity index (χ1n) is 8.79. The standard InChI is InChI=1S/C19H16N2O5/c22-15(7-9-1-3-10(4-2-9)21(25)26)20-18(23)16-11-5-6-12(14-8-13(11)14)17(16)19(20)24/h1-6,11-14,16-17H,7-8H2/t11-,12-,13-,14+,16-,17+/m0/s1. The van der Waals surface area contributed by atoms with E-state index >= 15 is 0 Å². The summed E-state index contributed by atoms with van der Waals surface area (Å²) in [6, 6.07) is 5.59. The van der Waals surface area contributed by atoms with E-state index in [9.17, 15) is 24.5 Å². The van der Waals surface area contributed by atoms with Gasteiger partial charge >= 0.3 is 0 Å². The highest BCUT2D eigenvalue weighted by atomic mass is 16.6. The van der Waals surface area contributed by atoms with Gasteiger partial charge in [-0.1, -0.05) is 24.3 Å². The van der Waals surface area contributed by atoms with Crippen LogP contribution in [0.1, 0.15) is 12.0 Å². The highest BCUT2D eigenvalue weighted by molar-refractivity contribution is 6.18. The highest BCUT2D eigenvalue weighted by Gasteiger charge is 2.67. The number of imide groups is 3. The van der Waals surface area contributed by atoms with Gasteiger partial charge in [0.15, 0.2) is 0 Å². The molecule has 7 nitrogen and oxygen atoms in total. The minimum Gasteiger partial charge on any atom is -0.274 e. The summed E-state index contributed by atoms with van der Waals surface area (Å²) in [6.07, 6.45) is 5.09. The number of nitro benzene ring substituents is 1. The average Bonchev–Trinajstić information content (AvgIpc) is 3.39. The topological polar surface area (TPSA) is 97.6 Å². The maximum absolute atomic E-state index is 12.8. The van der Waals surface area contributed by atoms with E-state index in [4.69, 9.17) is 0 Å². The van der Waals surface area contributed by atoms with Gasteiger partial charge in [-0.2, -0.15) is 0 Å². The second-order valence-electron chi connectivity index (χ2n) is 7.66. The maximum Gasteiger partial charge on any atom is 0.269 e. The number of hydrogen-bond acceptors (Lipinski definition) is 5. The molecule has 4 aliphatic carbocycles. The Hall–Kier alpha value is -2.83. The molecule has 1 saturated heterocycles. The van der Waals surface area contributed by atoms with Gasteiger partial charge in [-0.05, 0) is 35.7 Å². The van der Waals surface area contributed by atoms with Crippen molar-refractivity contribution in [1.29, 1.82) is 0 Å². The molecule has 1 aliphatic heterocycles. The van der Waals surface area contributed by atoms with Crippen molar-refractivity contribution in [1.82, 2.24) is 4.90 Å². The van der Waals surface area contributed by atoms with Gasteiger partial charge in [0, 0.05) is 12.1 Å². The summed E-state index contributed by atoms with van der Waals surface area (Å²) in [6.45, 7) is 0. The van der Waals surface area contributed by atoms with E-state index in [0.717, 1.165) is 11.3 Å². The van der Waals surface area contributed by atoms with E-state index in [1.165, 1.54) is 24.3 Å². The second kappa shape index (κ2) is 5.09. The molecule has 3 fully saturated rings. The molecule has 1 aromatic rings. The number of hydrogen-bond donors (Lipinski definition) is 0. The number of allylic oxidation sites excluding steroid dienone is 2. The van der Waals surface area contributed by atoms with Crippen LogP contribution in [-0.4, -0.2) is 27.5 Å². The molecule has 6 rings (SSSR count).